The number of hydrogen-bond donors (Lipinski definition) is 3. The van der Waals surface area contributed by atoms with Gasteiger partial charge in [0, 0.05) is 5.41 Å². The van der Waals surface area contributed by atoms with Crippen molar-refractivity contribution in [3.63, 3.8) is 0 Å². The van der Waals surface area contributed by atoms with E-state index in [4.69, 9.17) is 0 Å². The third-order valence-corrected chi connectivity index (χ3v) is 8.40. The Bertz CT molecular complexity index is 668. The van der Waals surface area contributed by atoms with Crippen molar-refractivity contribution in [2.45, 2.75) is 84.3 Å². The molecule has 4 aliphatic carbocycles. The monoisotopic (exact) mass is 390 g/mol. The van der Waals surface area contributed by atoms with Gasteiger partial charge in [-0.3, -0.25) is 4.79 Å². The van der Waals surface area contributed by atoms with E-state index in [0.29, 0.717) is 18.8 Å². The Labute approximate surface area is 169 Å². The third-order valence-electron chi connectivity index (χ3n) is 8.40. The highest BCUT2D eigenvalue weighted by Gasteiger charge is 2.67. The van der Waals surface area contributed by atoms with E-state index >= 15 is 0 Å². The normalized spacial score (nSPS) is 46.5. The largest absolute Gasteiger partial charge is 0.393 e. The zero-order valence-electron chi connectivity index (χ0n) is 17.9. The molecule has 3 N–H and O–H groups in total. The zero-order chi connectivity index (χ0) is 20.7. The highest BCUT2D eigenvalue weighted by atomic mass is 16.3. The Kier molecular flexibility index (Phi) is 5.97. The molecule has 7 atom stereocenters. The lowest BCUT2D eigenvalue weighted by atomic mass is 9.46. The van der Waals surface area contributed by atoms with Gasteiger partial charge in [0.2, 0.25) is 0 Å². The molecule has 3 saturated carbocycles. The molecule has 0 unspecified atom stereocenters. The van der Waals surface area contributed by atoms with Gasteiger partial charge in [-0.15, -0.1) is 0 Å². The molecule has 3 fully saturated rings. The van der Waals surface area contributed by atoms with Crippen LogP contribution in [0.1, 0.15) is 72.6 Å². The first-order valence-electron chi connectivity index (χ1n) is 11.1. The van der Waals surface area contributed by atoms with Crippen molar-refractivity contribution in [1.29, 1.82) is 0 Å². The molecule has 0 saturated heterocycles. The summed E-state index contributed by atoms with van der Waals surface area (Å²) < 4.78 is 0. The molecular formula is C24H38O4. The number of carbonyl (C=O) groups excluding carboxylic acids is 1. The Balaban J connectivity index is 0.000000706. The molecule has 28 heavy (non-hydrogen) atoms. The molecule has 0 aromatic heterocycles. The minimum atomic E-state index is -1.50. The van der Waals surface area contributed by atoms with E-state index < -0.39 is 29.5 Å². The quantitative estimate of drug-likeness (QED) is 0.670. The van der Waals surface area contributed by atoms with Crippen LogP contribution in [0.4, 0.5) is 0 Å². The Morgan fingerprint density at radius 2 is 1.93 bits per heavy atom. The third kappa shape index (κ3) is 2.95. The summed E-state index contributed by atoms with van der Waals surface area (Å²) in [6.07, 6.45) is 11.9. The average Bonchev–Trinajstić information content (AvgIpc) is 2.92. The fraction of sp³-hybridized carbons (Fsp3) is 0.792. The molecule has 0 bridgehead atoms. The Hall–Kier alpha value is -0.970. The lowest BCUT2D eigenvalue weighted by Crippen LogP contribution is -2.61. The zero-order valence-corrected chi connectivity index (χ0v) is 17.9. The van der Waals surface area contributed by atoms with Crippen LogP contribution in [0.25, 0.3) is 0 Å². The summed E-state index contributed by atoms with van der Waals surface area (Å²) in [5, 5.41) is 31.7. The van der Waals surface area contributed by atoms with Crippen molar-refractivity contribution < 1.29 is 20.1 Å². The molecular weight excluding hydrogens is 352 g/mol. The molecule has 158 valence electrons. The Morgan fingerprint density at radius 1 is 1.25 bits per heavy atom. The van der Waals surface area contributed by atoms with Gasteiger partial charge in [-0.05, 0) is 61.7 Å². The summed E-state index contributed by atoms with van der Waals surface area (Å²) in [6, 6.07) is 0. The molecule has 4 heteroatoms. The summed E-state index contributed by atoms with van der Waals surface area (Å²) >= 11 is 0. The van der Waals surface area contributed by atoms with Gasteiger partial charge < -0.3 is 15.3 Å². The van der Waals surface area contributed by atoms with Crippen LogP contribution in [0.3, 0.4) is 0 Å². The Morgan fingerprint density at radius 3 is 2.57 bits per heavy atom. The lowest BCUT2D eigenvalue weighted by Gasteiger charge is -2.60. The number of fused-ring (bicyclic) bond motifs is 5. The maximum Gasteiger partial charge on any atom is 0.190 e. The maximum absolute atomic E-state index is 12.4. The van der Waals surface area contributed by atoms with Gasteiger partial charge in [-0.2, -0.15) is 0 Å². The summed E-state index contributed by atoms with van der Waals surface area (Å²) in [5.74, 6) is 0.252. The summed E-state index contributed by atoms with van der Waals surface area (Å²) in [4.78, 5) is 12.4. The number of ketones is 1. The number of aliphatic hydroxyl groups is 3. The summed E-state index contributed by atoms with van der Waals surface area (Å²) in [6.45, 7) is 7.87. The summed E-state index contributed by atoms with van der Waals surface area (Å²) in [5.41, 5.74) is -0.712. The van der Waals surface area contributed by atoms with Crippen LogP contribution in [0.15, 0.2) is 23.8 Å². The first kappa shape index (κ1) is 21.7. The van der Waals surface area contributed by atoms with Gasteiger partial charge in [0.15, 0.2) is 5.78 Å². The highest BCUT2D eigenvalue weighted by Crippen LogP contribution is 2.67. The predicted molar refractivity (Wildman–Crippen MR) is 111 cm³/mol. The number of aliphatic hydroxyl groups excluding tert-OH is 2. The van der Waals surface area contributed by atoms with Gasteiger partial charge in [0.25, 0.3) is 0 Å². The second-order valence-corrected chi connectivity index (χ2v) is 9.95. The first-order valence-corrected chi connectivity index (χ1v) is 11.1. The molecule has 0 heterocycles. The van der Waals surface area contributed by atoms with E-state index in [9.17, 15) is 20.1 Å². The van der Waals surface area contributed by atoms with Crippen LogP contribution in [-0.2, 0) is 4.79 Å². The van der Waals surface area contributed by atoms with Crippen LogP contribution in [0.5, 0.6) is 0 Å². The van der Waals surface area contributed by atoms with E-state index in [2.05, 4.69) is 39.0 Å². The molecule has 0 amide bonds. The fourth-order valence-corrected chi connectivity index (χ4v) is 7.11. The van der Waals surface area contributed by atoms with Crippen molar-refractivity contribution in [2.24, 2.45) is 28.6 Å². The molecule has 4 rings (SSSR count). The predicted octanol–water partition coefficient (Wildman–Crippen LogP) is 3.79. The minimum absolute atomic E-state index is 0.0138. The second kappa shape index (κ2) is 7.70. The average molecular weight is 391 g/mol. The van der Waals surface area contributed by atoms with Gasteiger partial charge in [-0.25, -0.2) is 0 Å². The highest BCUT2D eigenvalue weighted by molar-refractivity contribution is 5.89. The van der Waals surface area contributed by atoms with Gasteiger partial charge in [-0.1, -0.05) is 57.9 Å². The number of hydrogen-bond acceptors (Lipinski definition) is 4. The molecule has 0 aromatic carbocycles. The topological polar surface area (TPSA) is 77.8 Å². The first-order chi connectivity index (χ1) is 13.2. The van der Waals surface area contributed by atoms with Gasteiger partial charge in [0.1, 0.15) is 12.2 Å². The van der Waals surface area contributed by atoms with Crippen molar-refractivity contribution in [3.8, 4) is 0 Å². The number of carbonyl (C=O) groups is 1. The lowest BCUT2D eigenvalue weighted by molar-refractivity contribution is -0.181. The number of rotatable bonds is 2. The molecule has 0 aliphatic heterocycles. The fourth-order valence-electron chi connectivity index (χ4n) is 7.11. The van der Waals surface area contributed by atoms with Gasteiger partial charge in [0.05, 0.1) is 6.10 Å². The van der Waals surface area contributed by atoms with E-state index in [1.807, 2.05) is 6.92 Å². The van der Waals surface area contributed by atoms with Crippen molar-refractivity contribution in [1.82, 2.24) is 0 Å². The number of Topliss-reactive ketones (excluding diaryl/α,β-unsaturated/α-hetero) is 1. The van der Waals surface area contributed by atoms with Gasteiger partial charge >= 0.3 is 0 Å². The second-order valence-electron chi connectivity index (χ2n) is 9.95. The minimum Gasteiger partial charge on any atom is -0.393 e. The smallest absolute Gasteiger partial charge is 0.190 e. The molecule has 0 spiro atoms. The molecule has 4 nitrogen and oxygen atoms in total. The van der Waals surface area contributed by atoms with E-state index in [0.717, 1.165) is 25.7 Å². The number of allylic oxidation sites excluding steroid dienone is 4. The SMILES string of the molecule is CCC.C[C@]12CC=CC=C1CC[C@@H]1[C@@H]2[C@@H](O)C[C@@]2(C)[C@H]1CC[C@]2(O)C(=O)CO. The van der Waals surface area contributed by atoms with Crippen LogP contribution in [0, 0.1) is 28.6 Å². The van der Waals surface area contributed by atoms with Crippen molar-refractivity contribution in [2.75, 3.05) is 6.61 Å². The standard InChI is InChI=1S/C21H30O4.C3H8/c1-19-9-4-3-5-13(19)6-7-14-15-8-10-21(25,17(24)12-22)20(15,2)11-16(23)18(14)19;1-3-2/h3-5,14-16,18,22-23,25H,6-12H2,1-2H3;3H2,1-2H3/t14-,15-,16-,18+,19-,20-,21-;/m0./s1. The summed E-state index contributed by atoms with van der Waals surface area (Å²) in [7, 11) is 0. The van der Waals surface area contributed by atoms with Crippen molar-refractivity contribution >= 4 is 5.78 Å². The molecule has 0 aromatic rings. The van der Waals surface area contributed by atoms with Crippen LogP contribution in [-0.4, -0.2) is 39.4 Å². The maximum atomic E-state index is 12.4. The van der Waals surface area contributed by atoms with Crippen LogP contribution < -0.4 is 0 Å². The van der Waals surface area contributed by atoms with E-state index in [1.54, 1.807) is 0 Å². The van der Waals surface area contributed by atoms with E-state index in [1.165, 1.54) is 12.0 Å². The molecule has 4 aliphatic rings. The van der Waals surface area contributed by atoms with Crippen molar-refractivity contribution in [3.05, 3.63) is 23.8 Å². The van der Waals surface area contributed by atoms with E-state index in [-0.39, 0.29) is 17.3 Å². The molecule has 0 radical (unpaired) electrons. The van der Waals surface area contributed by atoms with Crippen LogP contribution >= 0.6 is 0 Å². The van der Waals surface area contributed by atoms with Crippen LogP contribution in [0.2, 0.25) is 0 Å².